The predicted octanol–water partition coefficient (Wildman–Crippen LogP) is 12.9. The summed E-state index contributed by atoms with van der Waals surface area (Å²) in [6, 6.07) is 40.6. The van der Waals surface area contributed by atoms with E-state index in [1.54, 1.807) is 23.3 Å². The Bertz CT molecular complexity index is 3720. The average molecular weight is 947 g/mol. The Morgan fingerprint density at radius 3 is 1.39 bits per heavy atom. The first-order chi connectivity index (χ1) is 38.2. The van der Waals surface area contributed by atoms with Crippen LogP contribution in [-0.4, -0.2) is 0 Å². The Labute approximate surface area is 439 Å². The number of aromatic nitrogens is 4. The molecule has 1 fully saturated rings. The quantitative estimate of drug-likeness (QED) is 0.156. The third-order valence-corrected chi connectivity index (χ3v) is 15.2. The Kier molecular flexibility index (Phi) is 11.1. The van der Waals surface area contributed by atoms with E-state index < -0.39 is 31.9 Å². The van der Waals surface area contributed by atoms with Crippen molar-refractivity contribution in [3.63, 3.8) is 0 Å². The predicted molar refractivity (Wildman–Crippen MR) is 291 cm³/mol. The van der Waals surface area contributed by atoms with Gasteiger partial charge in [-0.25, -0.2) is 18.3 Å². The van der Waals surface area contributed by atoms with Crippen LogP contribution in [0.1, 0.15) is 125 Å². The van der Waals surface area contributed by atoms with Crippen molar-refractivity contribution in [3.8, 4) is 45.0 Å². The van der Waals surface area contributed by atoms with Crippen molar-refractivity contribution < 1.29 is 32.0 Å². The monoisotopic (exact) mass is 947 g/mol. The zero-order valence-corrected chi connectivity index (χ0v) is 43.0. The number of benzene rings is 4. The maximum atomic E-state index is 8.43. The van der Waals surface area contributed by atoms with Gasteiger partial charge < -0.3 is 0 Å². The van der Waals surface area contributed by atoms with Crippen LogP contribution in [0.2, 0.25) is 0 Å². The second-order valence-corrected chi connectivity index (χ2v) is 20.1. The van der Waals surface area contributed by atoms with E-state index in [-0.39, 0.29) is 19.3 Å². The van der Waals surface area contributed by atoms with Gasteiger partial charge in [-0.05, 0) is 192 Å². The zero-order valence-electron chi connectivity index (χ0n) is 53.0. The molecule has 6 aliphatic rings. The van der Waals surface area contributed by atoms with Gasteiger partial charge >= 0.3 is 0 Å². The Balaban J connectivity index is 0.000000121. The summed E-state index contributed by atoms with van der Waals surface area (Å²) in [5.41, 5.74) is 20.4. The normalized spacial score (nSPS) is 22.2. The third-order valence-electron chi connectivity index (χ3n) is 15.2. The average Bonchev–Trinajstić information content (AvgIpc) is 4.05. The molecule has 0 N–H and O–H groups in total. The molecular weight excluding hydrogens is 861 g/mol. The summed E-state index contributed by atoms with van der Waals surface area (Å²) in [7, 11) is 7.99. The minimum absolute atomic E-state index is 0.127. The van der Waals surface area contributed by atoms with E-state index in [0.717, 1.165) is 68.7 Å². The summed E-state index contributed by atoms with van der Waals surface area (Å²) >= 11 is 0. The van der Waals surface area contributed by atoms with E-state index in [4.69, 9.17) is 13.7 Å². The smallest absolute Gasteiger partial charge is 0.201 e. The highest BCUT2D eigenvalue weighted by Gasteiger charge is 2.39. The standard InChI is InChI=1S/C18H20N.C17H20N.2C16H18N/c1-12-5-3-4-6-16(12)18-10-17-14-7-13(8-14)9-15(17)11-19(18)2;1-13-7-3-5-9-15(13)17-16-10-6-4-8-14(16)11-12-18(17)2;1-12-6-3-4-9-15(12)16-10-13-7-5-8-14(13)11-17(16)2;1-12-6-3-4-8-14(12)16-15-9-5-7-13(15)10-11-17(16)2/h3-6,10-11,13-14H,7-9H2,1-2H3;3,5,7,9,11-12H,4,6,8,10H2,1-2H3;3-4,6,9-11H,5,7-8H2,1-2H3;3-4,6,8,10-11H,5,7,9H2,1-2H3/q4*+1/i;8D2,10D2;7D2;7D2,9D2. The molecule has 6 aliphatic carbocycles. The highest BCUT2D eigenvalue weighted by atomic mass is 14.9. The maximum Gasteiger partial charge on any atom is 0.216 e. The molecule has 1 saturated carbocycles. The molecule has 0 radical (unpaired) electrons. The van der Waals surface area contributed by atoms with Crippen molar-refractivity contribution in [3.05, 3.63) is 213 Å². The Morgan fingerprint density at radius 2 is 0.859 bits per heavy atom. The number of rotatable bonds is 4. The molecule has 0 atom stereocenters. The van der Waals surface area contributed by atoms with E-state index >= 15 is 0 Å². The highest BCUT2D eigenvalue weighted by molar-refractivity contribution is 5.67. The van der Waals surface area contributed by atoms with Crippen molar-refractivity contribution in [1.82, 2.24) is 0 Å². The van der Waals surface area contributed by atoms with Gasteiger partial charge in [0.1, 0.15) is 28.2 Å². The van der Waals surface area contributed by atoms with Gasteiger partial charge in [0.15, 0.2) is 24.8 Å². The summed E-state index contributed by atoms with van der Waals surface area (Å²) < 4.78 is 90.6. The van der Waals surface area contributed by atoms with E-state index in [1.165, 1.54) is 47.2 Å². The van der Waals surface area contributed by atoms with Gasteiger partial charge in [0.2, 0.25) is 22.8 Å². The van der Waals surface area contributed by atoms with Crippen LogP contribution >= 0.6 is 0 Å². The number of hydrogen-bond acceptors (Lipinski definition) is 0. The van der Waals surface area contributed by atoms with E-state index in [1.807, 2.05) is 123 Å². The van der Waals surface area contributed by atoms with E-state index in [9.17, 15) is 0 Å². The minimum atomic E-state index is -1.66. The second kappa shape index (κ2) is 21.1. The second-order valence-electron chi connectivity index (χ2n) is 20.1. The molecule has 8 aromatic rings. The van der Waals surface area contributed by atoms with Crippen molar-refractivity contribution in [1.29, 1.82) is 0 Å². The van der Waals surface area contributed by atoms with Gasteiger partial charge in [-0.2, -0.15) is 0 Å². The Hall–Kier alpha value is -6.52. The molecule has 0 saturated heterocycles. The van der Waals surface area contributed by atoms with Gasteiger partial charge in [0.05, 0.1) is 0 Å². The molecule has 360 valence electrons. The number of nitrogens with zero attached hydrogens (tertiary/aromatic N) is 4. The first kappa shape index (κ1) is 37.3. The number of fused-ring (bicyclic) bond motifs is 3. The third kappa shape index (κ3) is 10.1. The first-order valence-electron chi connectivity index (χ1n) is 30.6. The largest absolute Gasteiger partial charge is 0.216 e. The van der Waals surface area contributed by atoms with E-state index in [0.29, 0.717) is 28.7 Å². The molecular formula is C67H76N4+4. The molecule has 0 unspecified atom stereocenters. The molecule has 4 aromatic carbocycles. The number of hydrogen-bond donors (Lipinski definition) is 0. The molecule has 4 heterocycles. The Morgan fingerprint density at radius 1 is 0.423 bits per heavy atom. The fourth-order valence-electron chi connectivity index (χ4n) is 11.3. The number of aryl methyl sites for hydroxylation is 12. The summed E-state index contributed by atoms with van der Waals surface area (Å²) in [6.45, 7) is 8.29. The molecule has 4 aromatic heterocycles. The summed E-state index contributed by atoms with van der Waals surface area (Å²) in [5.74, 6) is 1.82. The topological polar surface area (TPSA) is 15.5 Å². The summed E-state index contributed by atoms with van der Waals surface area (Å²) in [6.07, 6.45) is 6.53. The lowest BCUT2D eigenvalue weighted by Gasteiger charge is -2.41. The first-order valence-corrected chi connectivity index (χ1v) is 25.6. The number of pyridine rings is 4. The van der Waals surface area contributed by atoms with Crippen LogP contribution < -0.4 is 18.3 Å². The fraction of sp³-hybridized carbons (Fsp3) is 0.343. The molecule has 4 nitrogen and oxygen atoms in total. The van der Waals surface area contributed by atoms with Gasteiger partial charge in [0.25, 0.3) is 0 Å². The highest BCUT2D eigenvalue weighted by Crippen LogP contribution is 2.50. The van der Waals surface area contributed by atoms with Crippen molar-refractivity contribution >= 4 is 0 Å². The fourth-order valence-corrected chi connectivity index (χ4v) is 11.3. The summed E-state index contributed by atoms with van der Waals surface area (Å²) in [5, 5.41) is 0. The van der Waals surface area contributed by atoms with E-state index in [2.05, 4.69) is 84.9 Å². The maximum absolute atomic E-state index is 8.43. The SMILES string of the molecule is Cc1ccccc1-c1cc2c(c[n+]1C)CC1CC2C1.[2H]C1([2H])CC([2H])([2H])c2c1cc[n+](C)c2-c1ccccc1C.[2H]C1([2H])CCC([2H])([2H])c2c1cc[n+](C)c2-c1ccccc1C.[2H]C1([2H])CCc2c[n+](C)c(-c3ccccc3C)cc21. The van der Waals surface area contributed by atoms with Gasteiger partial charge in [-0.3, -0.25) is 0 Å². The van der Waals surface area contributed by atoms with Crippen molar-refractivity contribution in [2.45, 2.75) is 117 Å². The summed E-state index contributed by atoms with van der Waals surface area (Å²) in [4.78, 5) is 0. The van der Waals surface area contributed by atoms with Crippen LogP contribution in [0.15, 0.2) is 146 Å². The van der Waals surface area contributed by atoms with Crippen LogP contribution in [0, 0.1) is 33.6 Å². The lowest BCUT2D eigenvalue weighted by atomic mass is 9.63. The minimum Gasteiger partial charge on any atom is -0.201 e. The lowest BCUT2D eigenvalue weighted by molar-refractivity contribution is -0.661. The molecule has 0 spiro atoms. The van der Waals surface area contributed by atoms with Crippen LogP contribution in [0.5, 0.6) is 0 Å². The van der Waals surface area contributed by atoms with Crippen LogP contribution in [0.3, 0.4) is 0 Å². The van der Waals surface area contributed by atoms with Gasteiger partial charge in [0, 0.05) is 82.5 Å². The van der Waals surface area contributed by atoms with Crippen molar-refractivity contribution in [2.24, 2.45) is 34.1 Å². The molecule has 0 amide bonds. The van der Waals surface area contributed by atoms with Crippen molar-refractivity contribution in [2.75, 3.05) is 0 Å². The van der Waals surface area contributed by atoms with Crippen LogP contribution in [-0.2, 0) is 72.9 Å². The molecule has 4 heteroatoms. The van der Waals surface area contributed by atoms with Crippen LogP contribution in [0.25, 0.3) is 45.0 Å². The van der Waals surface area contributed by atoms with Gasteiger partial charge in [-0.15, -0.1) is 0 Å². The zero-order chi connectivity index (χ0) is 58.1. The van der Waals surface area contributed by atoms with Crippen LogP contribution in [0.4, 0.5) is 0 Å². The molecule has 0 aliphatic heterocycles. The molecule has 2 bridgehead atoms. The molecule has 14 rings (SSSR count). The van der Waals surface area contributed by atoms with Gasteiger partial charge in [-0.1, -0.05) is 72.8 Å². The lowest BCUT2D eigenvalue weighted by Crippen LogP contribution is -2.37. The molecule has 71 heavy (non-hydrogen) atoms.